The molecule has 16 nitrogen and oxygen atoms in total. The minimum absolute atomic E-state index is 0.231. The van der Waals surface area contributed by atoms with E-state index in [9.17, 15) is 18.0 Å². The molecule has 2 heterocycles. The third kappa shape index (κ3) is 17.8. The molecular weight excluding hydrogens is 763 g/mol. The smallest absolute Gasteiger partial charge is 0.306 e. The van der Waals surface area contributed by atoms with Gasteiger partial charge in [0.25, 0.3) is 5.91 Å². The molecule has 3 rings (SSSR count). The molecule has 328 valence electrons. The normalized spacial score (nSPS) is 16.0. The fourth-order valence-electron chi connectivity index (χ4n) is 6.84. The Morgan fingerprint density at radius 2 is 1.25 bits per heavy atom. The summed E-state index contributed by atoms with van der Waals surface area (Å²) in [5.41, 5.74) is -0.637. The molecule has 17 heteroatoms. The Balaban J connectivity index is 1.76. The maximum absolute atomic E-state index is 14.1. The van der Waals surface area contributed by atoms with Gasteiger partial charge < -0.3 is 47.5 Å². The average Bonchev–Trinajstić information content (AvgIpc) is 3.73. The van der Waals surface area contributed by atoms with Crippen LogP contribution in [0.3, 0.4) is 0 Å². The molecule has 0 N–H and O–H groups in total. The number of hydrogen-bond donors (Lipinski definition) is 0. The fourth-order valence-corrected chi connectivity index (χ4v) is 8.51. The number of sulfone groups is 1. The molecule has 0 bridgehead atoms. The predicted octanol–water partition coefficient (Wildman–Crippen LogP) is 3.96. The minimum atomic E-state index is -3.80. The number of nitrogens with zero attached hydrogens (tertiary/aromatic N) is 3. The molecule has 0 atom stereocenters. The number of fused-ring (bicyclic) bond motifs is 1. The Labute approximate surface area is 340 Å². The topological polar surface area (TPSA) is 180 Å². The zero-order chi connectivity index (χ0) is 41.4. The number of hydrogen-bond acceptors (Lipinski definition) is 15. The van der Waals surface area contributed by atoms with Crippen LogP contribution in [-0.2, 0) is 62.7 Å². The first-order valence-corrected chi connectivity index (χ1v) is 22.0. The zero-order valence-corrected chi connectivity index (χ0v) is 35.9. The lowest BCUT2D eigenvalue weighted by molar-refractivity contribution is -0.154. The summed E-state index contributed by atoms with van der Waals surface area (Å²) >= 11 is 0. The van der Waals surface area contributed by atoms with Gasteiger partial charge in [0.2, 0.25) is 15.0 Å². The van der Waals surface area contributed by atoms with E-state index in [0.717, 1.165) is 19.3 Å². The van der Waals surface area contributed by atoms with Crippen LogP contribution in [0.2, 0.25) is 0 Å². The average molecular weight is 832 g/mol. The van der Waals surface area contributed by atoms with Gasteiger partial charge in [-0.15, -0.1) is 0 Å². The van der Waals surface area contributed by atoms with Crippen molar-refractivity contribution in [3.05, 3.63) is 17.5 Å². The third-order valence-corrected chi connectivity index (χ3v) is 11.9. The SMILES string of the molecule is COCCOCCOCCOCCC1(CCOCCOCCOCCOC)CN(CCCCCC(=O)OC(C)(C)C)C(=O)c2cnc(S(=O)(=O)C3CCCC3)nc21. The van der Waals surface area contributed by atoms with Crippen LogP contribution in [0.1, 0.15) is 101 Å². The lowest BCUT2D eigenvalue weighted by atomic mass is 9.73. The van der Waals surface area contributed by atoms with Crippen LogP contribution in [0.4, 0.5) is 0 Å². The highest BCUT2D eigenvalue weighted by Gasteiger charge is 2.46. The van der Waals surface area contributed by atoms with Crippen LogP contribution in [0.15, 0.2) is 11.4 Å². The first-order chi connectivity index (χ1) is 27.4. The summed E-state index contributed by atoms with van der Waals surface area (Å²) in [6.45, 7) is 12.1. The van der Waals surface area contributed by atoms with E-state index in [2.05, 4.69) is 4.98 Å². The van der Waals surface area contributed by atoms with Crippen LogP contribution in [-0.4, -0.2) is 166 Å². The fraction of sp³-hybridized carbons (Fsp3) is 0.850. The number of carbonyl (C=O) groups is 2. The maximum Gasteiger partial charge on any atom is 0.306 e. The highest BCUT2D eigenvalue weighted by molar-refractivity contribution is 7.91. The molecule has 2 aliphatic rings. The van der Waals surface area contributed by atoms with Crippen molar-refractivity contribution < 1.29 is 60.6 Å². The number of carbonyl (C=O) groups excluding carboxylic acids is 2. The summed E-state index contributed by atoms with van der Waals surface area (Å²) in [4.78, 5) is 37.2. The Bertz CT molecular complexity index is 1380. The van der Waals surface area contributed by atoms with Crippen molar-refractivity contribution in [2.45, 2.75) is 106 Å². The van der Waals surface area contributed by atoms with Gasteiger partial charge in [0.05, 0.1) is 95.8 Å². The van der Waals surface area contributed by atoms with Crippen LogP contribution in [0, 0.1) is 0 Å². The molecule has 57 heavy (non-hydrogen) atoms. The largest absolute Gasteiger partial charge is 0.460 e. The monoisotopic (exact) mass is 831 g/mol. The molecule has 1 amide bonds. The number of esters is 1. The number of amides is 1. The minimum Gasteiger partial charge on any atom is -0.460 e. The second-order valence-corrected chi connectivity index (χ2v) is 17.6. The van der Waals surface area contributed by atoms with Gasteiger partial charge in [0.1, 0.15) is 5.60 Å². The van der Waals surface area contributed by atoms with E-state index in [1.807, 2.05) is 20.8 Å². The number of unbranched alkanes of at least 4 members (excludes halogenated alkanes) is 2. The van der Waals surface area contributed by atoms with E-state index in [4.69, 9.17) is 47.6 Å². The molecule has 0 saturated heterocycles. The summed E-state index contributed by atoms with van der Waals surface area (Å²) in [7, 11) is -0.554. The molecule has 0 unspecified atom stereocenters. The lowest BCUT2D eigenvalue weighted by Crippen LogP contribution is -2.52. The second kappa shape index (κ2) is 26.7. The molecular formula is C40H69N3O13S. The molecule has 1 aromatic heterocycles. The Kier molecular flexibility index (Phi) is 22.9. The summed E-state index contributed by atoms with van der Waals surface area (Å²) in [6, 6.07) is 0. The highest BCUT2D eigenvalue weighted by atomic mass is 32.2. The summed E-state index contributed by atoms with van der Waals surface area (Å²) in [5, 5.41) is -0.770. The Morgan fingerprint density at radius 1 is 0.754 bits per heavy atom. The van der Waals surface area contributed by atoms with Gasteiger partial charge in [-0.2, -0.15) is 0 Å². The van der Waals surface area contributed by atoms with E-state index in [1.165, 1.54) is 6.20 Å². The molecule has 0 radical (unpaired) electrons. The van der Waals surface area contributed by atoms with Gasteiger partial charge in [0, 0.05) is 58.6 Å². The van der Waals surface area contributed by atoms with Crippen molar-refractivity contribution in [3.63, 3.8) is 0 Å². The summed E-state index contributed by atoms with van der Waals surface area (Å²) in [5.74, 6) is -0.492. The van der Waals surface area contributed by atoms with Crippen molar-refractivity contribution in [2.24, 2.45) is 0 Å². The van der Waals surface area contributed by atoms with Crippen LogP contribution >= 0.6 is 0 Å². The zero-order valence-electron chi connectivity index (χ0n) is 35.1. The number of methoxy groups -OCH3 is 2. The maximum atomic E-state index is 14.1. The molecule has 1 saturated carbocycles. The van der Waals surface area contributed by atoms with Crippen molar-refractivity contribution in [1.82, 2.24) is 14.9 Å². The Morgan fingerprint density at radius 3 is 1.74 bits per heavy atom. The van der Waals surface area contributed by atoms with Gasteiger partial charge in [-0.1, -0.05) is 19.3 Å². The van der Waals surface area contributed by atoms with Gasteiger partial charge in [-0.25, -0.2) is 18.4 Å². The quantitative estimate of drug-likeness (QED) is 0.0578. The standard InChI is InChI=1S/C40H69N3O13S/c1-39(2,3)56-35(44)13-7-6-10-16-43-32-40(14-17-50-23-25-54-29-27-52-21-19-48-4,15-18-51-24-26-55-30-28-53-22-20-49-5)36-34(37(43)45)31-41-38(42-36)57(46,47)33-11-8-9-12-33/h31,33H,6-30,32H2,1-5H3. The van der Waals surface area contributed by atoms with E-state index < -0.39 is 26.1 Å². The third-order valence-electron chi connectivity index (χ3n) is 9.81. The van der Waals surface area contributed by atoms with E-state index in [-0.39, 0.29) is 22.6 Å². The van der Waals surface area contributed by atoms with Crippen molar-refractivity contribution in [1.29, 1.82) is 0 Å². The Hall–Kier alpha value is -2.35. The molecule has 0 spiro atoms. The van der Waals surface area contributed by atoms with Crippen LogP contribution < -0.4 is 0 Å². The molecule has 1 aromatic rings. The van der Waals surface area contributed by atoms with E-state index in [1.54, 1.807) is 19.1 Å². The van der Waals surface area contributed by atoms with Gasteiger partial charge in [-0.3, -0.25) is 9.59 Å². The van der Waals surface area contributed by atoms with Crippen molar-refractivity contribution in [3.8, 4) is 0 Å². The lowest BCUT2D eigenvalue weighted by Gasteiger charge is -2.43. The summed E-state index contributed by atoms with van der Waals surface area (Å²) < 4.78 is 77.3. The molecule has 1 aliphatic carbocycles. The van der Waals surface area contributed by atoms with E-state index in [0.29, 0.717) is 156 Å². The number of ether oxygens (including phenoxy) is 9. The first-order valence-electron chi connectivity index (χ1n) is 20.5. The first kappa shape index (κ1) is 49.0. The van der Waals surface area contributed by atoms with Gasteiger partial charge in [-0.05, 0) is 59.3 Å². The van der Waals surface area contributed by atoms with Gasteiger partial charge >= 0.3 is 5.97 Å². The highest BCUT2D eigenvalue weighted by Crippen LogP contribution is 2.40. The van der Waals surface area contributed by atoms with Gasteiger partial charge in [0.15, 0.2) is 0 Å². The molecule has 1 fully saturated rings. The van der Waals surface area contributed by atoms with Crippen LogP contribution in [0.25, 0.3) is 0 Å². The molecule has 0 aromatic carbocycles. The van der Waals surface area contributed by atoms with E-state index >= 15 is 0 Å². The van der Waals surface area contributed by atoms with Crippen molar-refractivity contribution in [2.75, 3.05) is 120 Å². The van der Waals surface area contributed by atoms with Crippen LogP contribution in [0.5, 0.6) is 0 Å². The van der Waals surface area contributed by atoms with Crippen molar-refractivity contribution >= 4 is 21.7 Å². The second-order valence-electron chi connectivity index (χ2n) is 15.4. The molecule has 1 aliphatic heterocycles. The number of aromatic nitrogens is 2. The predicted molar refractivity (Wildman–Crippen MR) is 211 cm³/mol. The number of rotatable bonds is 32. The summed E-state index contributed by atoms with van der Waals surface area (Å²) in [6.07, 6.45) is 7.42.